The Morgan fingerprint density at radius 1 is 1.04 bits per heavy atom. The van der Waals surface area contributed by atoms with Gasteiger partial charge in [0.1, 0.15) is 5.76 Å². The predicted octanol–water partition coefficient (Wildman–Crippen LogP) is -8.32. The summed E-state index contributed by atoms with van der Waals surface area (Å²) < 4.78 is 8.55. The third-order valence-electron chi connectivity index (χ3n) is 1.89. The summed E-state index contributed by atoms with van der Waals surface area (Å²) in [6.45, 7) is 5.70. The third kappa shape index (κ3) is 30.5. The smallest absolute Gasteiger partial charge is 0.822 e. The molecule has 1 rings (SSSR count). The molecule has 9 nitrogen and oxygen atoms in total. The Bertz CT molecular complexity index is 450. The fraction of sp³-hybridized carbons (Fsp3) is 0.333. The van der Waals surface area contributed by atoms with Crippen LogP contribution in [0, 0.1) is 0 Å². The van der Waals surface area contributed by atoms with Crippen molar-refractivity contribution < 1.29 is 133 Å². The van der Waals surface area contributed by atoms with Crippen LogP contribution in [0.5, 0.6) is 5.75 Å². The van der Waals surface area contributed by atoms with Gasteiger partial charge < -0.3 is 29.0 Å². The molecular weight excluding hydrogens is 388 g/mol. The Hall–Kier alpha value is 1.55. The topological polar surface area (TPSA) is 132 Å². The summed E-state index contributed by atoms with van der Waals surface area (Å²) in [5, 5.41) is 12.7. The van der Waals surface area contributed by atoms with Crippen molar-refractivity contribution in [3.05, 3.63) is 42.7 Å². The van der Waals surface area contributed by atoms with E-state index in [1.807, 2.05) is 6.07 Å². The zero-order valence-corrected chi connectivity index (χ0v) is 21.7. The standard InChI is InChI=1S/C12H16O5.3Na.H3O4P/c1-3-4-8-11(2)13-15-17-16-14-12-9-6-5-7-10-12;;;;1-5(2,3)4/h5-7,9-10H,2-4,8H2,1H3;;;;(H3,1,2,3,4)/q;3*+1;/p-3. The van der Waals surface area contributed by atoms with Gasteiger partial charge in [0.2, 0.25) is 0 Å². The Balaban J connectivity index is -0.000000244. The average molecular weight is 404 g/mol. The number of unbranched alkanes of at least 4 members (excludes halogenated alkanes) is 1. The van der Waals surface area contributed by atoms with Crippen molar-refractivity contribution in [2.24, 2.45) is 0 Å². The van der Waals surface area contributed by atoms with E-state index in [0.29, 0.717) is 17.9 Å². The van der Waals surface area contributed by atoms with Crippen LogP contribution in [0.2, 0.25) is 0 Å². The second-order valence-electron chi connectivity index (χ2n) is 3.77. The van der Waals surface area contributed by atoms with Crippen LogP contribution in [0.4, 0.5) is 0 Å². The number of rotatable bonds is 9. The summed E-state index contributed by atoms with van der Waals surface area (Å²) in [7, 11) is -5.39. The van der Waals surface area contributed by atoms with Crippen LogP contribution in [0.3, 0.4) is 0 Å². The average Bonchev–Trinajstić information content (AvgIpc) is 2.44. The minimum absolute atomic E-state index is 0. The van der Waals surface area contributed by atoms with E-state index in [1.54, 1.807) is 24.3 Å². The molecule has 126 valence electrons. The molecule has 25 heavy (non-hydrogen) atoms. The van der Waals surface area contributed by atoms with Gasteiger partial charge in [0.25, 0.3) is 0 Å². The Kier molecular flexibility index (Phi) is 29.8. The molecule has 0 radical (unpaired) electrons. The van der Waals surface area contributed by atoms with E-state index in [0.717, 1.165) is 12.8 Å². The molecule has 1 aromatic rings. The monoisotopic (exact) mass is 404 g/mol. The molecule has 13 heteroatoms. The first-order valence-electron chi connectivity index (χ1n) is 6.13. The van der Waals surface area contributed by atoms with Gasteiger partial charge in [0, 0.05) is 21.5 Å². The minimum atomic E-state index is -5.39. The van der Waals surface area contributed by atoms with Crippen molar-refractivity contribution in [2.45, 2.75) is 26.2 Å². The Morgan fingerprint density at radius 3 is 2.04 bits per heavy atom. The summed E-state index contributed by atoms with van der Waals surface area (Å²) >= 11 is 0. The van der Waals surface area contributed by atoms with E-state index in [4.69, 9.17) is 24.1 Å². The molecule has 0 aromatic heterocycles. The van der Waals surface area contributed by atoms with Crippen LogP contribution in [0.25, 0.3) is 0 Å². The van der Waals surface area contributed by atoms with Gasteiger partial charge >= 0.3 is 88.7 Å². The van der Waals surface area contributed by atoms with Crippen LogP contribution in [-0.4, -0.2) is 0 Å². The third-order valence-corrected chi connectivity index (χ3v) is 1.89. The first-order valence-corrected chi connectivity index (χ1v) is 7.59. The van der Waals surface area contributed by atoms with Gasteiger partial charge in [-0.3, -0.25) is 0 Å². The number of benzene rings is 1. The molecule has 0 amide bonds. The maximum absolute atomic E-state index is 8.55. The number of allylic oxidation sites excluding steroid dienone is 1. The van der Waals surface area contributed by atoms with E-state index < -0.39 is 7.82 Å². The number of para-hydroxylation sites is 1. The van der Waals surface area contributed by atoms with Crippen LogP contribution in [0.1, 0.15) is 26.2 Å². The Morgan fingerprint density at radius 2 is 1.56 bits per heavy atom. The van der Waals surface area contributed by atoms with Crippen LogP contribution >= 0.6 is 7.82 Å². The summed E-state index contributed by atoms with van der Waals surface area (Å²) in [4.78, 5) is 35.0. The van der Waals surface area contributed by atoms with Crippen molar-refractivity contribution >= 4 is 7.82 Å². The van der Waals surface area contributed by atoms with Crippen molar-refractivity contribution in [1.82, 2.24) is 0 Å². The van der Waals surface area contributed by atoms with Crippen molar-refractivity contribution in [2.75, 3.05) is 0 Å². The van der Waals surface area contributed by atoms with Gasteiger partial charge in [0.15, 0.2) is 5.75 Å². The predicted molar refractivity (Wildman–Crippen MR) is 67.7 cm³/mol. The number of hydrogen-bond acceptors (Lipinski definition) is 9. The maximum Gasteiger partial charge on any atom is 1.00 e. The molecule has 1 aromatic carbocycles. The number of hydrogen-bond donors (Lipinski definition) is 0. The normalized spacial score (nSPS) is 9.12. The molecule has 0 aliphatic carbocycles. The first kappa shape index (κ1) is 34.1. The fourth-order valence-corrected chi connectivity index (χ4v) is 1.02. The van der Waals surface area contributed by atoms with Gasteiger partial charge in [-0.2, -0.15) is 7.82 Å². The van der Waals surface area contributed by atoms with Gasteiger partial charge in [-0.1, -0.05) is 38.1 Å². The zero-order chi connectivity index (χ0) is 16.8. The quantitative estimate of drug-likeness (QED) is 0.0983. The molecule has 0 aliphatic rings. The van der Waals surface area contributed by atoms with Gasteiger partial charge in [-0.25, -0.2) is 0 Å². The largest absolute Gasteiger partial charge is 1.00 e. The molecular formula is C12H16Na3O9P. The summed E-state index contributed by atoms with van der Waals surface area (Å²) in [5.41, 5.74) is 0. The number of phosphoric acid groups is 1. The molecule has 0 aliphatic heterocycles. The molecule has 0 heterocycles. The second kappa shape index (κ2) is 21.8. The molecule has 0 unspecified atom stereocenters. The zero-order valence-electron chi connectivity index (χ0n) is 14.8. The minimum Gasteiger partial charge on any atom is -0.822 e. The van der Waals surface area contributed by atoms with Crippen LogP contribution in [0.15, 0.2) is 42.7 Å². The van der Waals surface area contributed by atoms with Gasteiger partial charge in [-0.05, 0) is 18.6 Å². The summed E-state index contributed by atoms with van der Waals surface area (Å²) in [5.74, 6) is 0.955. The molecule has 0 fully saturated rings. The van der Waals surface area contributed by atoms with E-state index >= 15 is 0 Å². The fourth-order valence-electron chi connectivity index (χ4n) is 1.02. The van der Waals surface area contributed by atoms with Crippen molar-refractivity contribution in [3.8, 4) is 5.75 Å². The summed E-state index contributed by atoms with van der Waals surface area (Å²) in [6.07, 6.45) is 2.74. The van der Waals surface area contributed by atoms with Crippen molar-refractivity contribution in [1.29, 1.82) is 0 Å². The second-order valence-corrected chi connectivity index (χ2v) is 4.67. The summed E-state index contributed by atoms with van der Waals surface area (Å²) in [6, 6.07) is 8.84. The molecule has 0 atom stereocenters. The van der Waals surface area contributed by atoms with Crippen molar-refractivity contribution in [3.63, 3.8) is 0 Å². The van der Waals surface area contributed by atoms with Crippen LogP contribution in [-0.2, 0) is 24.6 Å². The Labute approximate surface area is 212 Å². The maximum atomic E-state index is 8.55. The van der Waals surface area contributed by atoms with Gasteiger partial charge in [0.05, 0.1) is 0 Å². The first-order chi connectivity index (χ1) is 10.3. The molecule has 0 spiro atoms. The molecule has 0 saturated carbocycles. The van der Waals surface area contributed by atoms with E-state index in [9.17, 15) is 0 Å². The van der Waals surface area contributed by atoms with Crippen LogP contribution < -0.4 is 108 Å². The van der Waals surface area contributed by atoms with E-state index in [-0.39, 0.29) is 88.7 Å². The van der Waals surface area contributed by atoms with E-state index in [1.165, 1.54) is 0 Å². The molecule has 0 N–H and O–H groups in total. The SMILES string of the molecule is C=C(CCCC)OOOOOc1ccccc1.O=P([O-])([O-])[O-].[Na+].[Na+].[Na+]. The van der Waals surface area contributed by atoms with Gasteiger partial charge in [-0.15, -0.1) is 0 Å². The molecule has 0 bridgehead atoms. The van der Waals surface area contributed by atoms with E-state index in [2.05, 4.69) is 33.5 Å². The molecule has 0 saturated heterocycles.